The number of carbonyl (C=O) groups is 1. The van der Waals surface area contributed by atoms with Gasteiger partial charge >= 0.3 is 0 Å². The van der Waals surface area contributed by atoms with E-state index in [1.165, 1.54) is 25.0 Å². The molecule has 1 N–H and O–H groups in total. The molecular weight excluding hydrogens is 292 g/mol. The molecule has 3 rings (SSSR count). The highest BCUT2D eigenvalue weighted by Gasteiger charge is 2.33. The first-order valence-electron chi connectivity index (χ1n) is 7.14. The van der Waals surface area contributed by atoms with E-state index in [-0.39, 0.29) is 12.1 Å². The number of nitrogens with one attached hydrogen (secondary N) is 1. The zero-order valence-corrected chi connectivity index (χ0v) is 12.9. The lowest BCUT2D eigenvalue weighted by Crippen LogP contribution is -2.36. The van der Waals surface area contributed by atoms with Crippen LogP contribution >= 0.6 is 23.4 Å². The molecule has 5 heteroatoms. The fourth-order valence-electron chi connectivity index (χ4n) is 2.89. The summed E-state index contributed by atoms with van der Waals surface area (Å²) in [5.41, 5.74) is 1.07. The van der Waals surface area contributed by atoms with Crippen molar-refractivity contribution in [2.75, 3.05) is 18.8 Å². The van der Waals surface area contributed by atoms with Crippen LogP contribution in [0.25, 0.3) is 0 Å². The van der Waals surface area contributed by atoms with Gasteiger partial charge in [0.15, 0.2) is 0 Å². The molecule has 0 saturated carbocycles. The molecule has 2 aliphatic heterocycles. The van der Waals surface area contributed by atoms with Crippen molar-refractivity contribution in [2.45, 2.75) is 30.7 Å². The van der Waals surface area contributed by atoms with E-state index in [4.69, 9.17) is 11.6 Å². The van der Waals surface area contributed by atoms with Crippen molar-refractivity contribution in [3.05, 3.63) is 34.9 Å². The summed E-state index contributed by atoms with van der Waals surface area (Å²) in [7, 11) is 0. The molecule has 2 saturated heterocycles. The van der Waals surface area contributed by atoms with Gasteiger partial charge in [0.05, 0.1) is 6.54 Å². The van der Waals surface area contributed by atoms with E-state index in [0.717, 1.165) is 17.1 Å². The predicted octanol–water partition coefficient (Wildman–Crippen LogP) is 3.06. The van der Waals surface area contributed by atoms with Crippen molar-refractivity contribution in [2.24, 2.45) is 0 Å². The van der Waals surface area contributed by atoms with Gasteiger partial charge in [0.1, 0.15) is 6.17 Å². The van der Waals surface area contributed by atoms with Crippen molar-refractivity contribution in [3.8, 4) is 0 Å². The number of hydrogen-bond donors (Lipinski definition) is 1. The Bertz CT molecular complexity index is 491. The fraction of sp³-hybridized carbons (Fsp3) is 0.533. The molecule has 2 fully saturated rings. The Morgan fingerprint density at radius 1 is 1.40 bits per heavy atom. The van der Waals surface area contributed by atoms with Gasteiger partial charge in [0.25, 0.3) is 0 Å². The largest absolute Gasteiger partial charge is 0.321 e. The molecule has 0 aliphatic carbocycles. The third-order valence-electron chi connectivity index (χ3n) is 3.92. The number of nitrogens with zero attached hydrogens (tertiary/aromatic N) is 1. The fourth-order valence-corrected chi connectivity index (χ4v) is 4.39. The molecule has 0 spiro atoms. The second kappa shape index (κ2) is 6.37. The summed E-state index contributed by atoms with van der Waals surface area (Å²) in [4.78, 5) is 14.1. The normalized spacial score (nSPS) is 27.1. The summed E-state index contributed by atoms with van der Waals surface area (Å²) in [5, 5.41) is 4.59. The van der Waals surface area contributed by atoms with Crippen LogP contribution in [0.5, 0.6) is 0 Å². The zero-order chi connectivity index (χ0) is 13.9. The number of halogens is 1. The van der Waals surface area contributed by atoms with Gasteiger partial charge in [-0.1, -0.05) is 30.2 Å². The third kappa shape index (κ3) is 3.13. The smallest absolute Gasteiger partial charge is 0.238 e. The minimum Gasteiger partial charge on any atom is -0.321 e. The summed E-state index contributed by atoms with van der Waals surface area (Å²) in [6.45, 7) is 1.27. The molecule has 2 aliphatic rings. The average molecular weight is 311 g/mol. The average Bonchev–Trinajstić information content (AvgIpc) is 2.82. The topological polar surface area (TPSA) is 32.3 Å². The molecule has 1 aromatic carbocycles. The Labute approximate surface area is 129 Å². The lowest BCUT2D eigenvalue weighted by Gasteiger charge is -2.30. The number of thioether (sulfide) groups is 1. The summed E-state index contributed by atoms with van der Waals surface area (Å²) < 4.78 is 0. The molecule has 3 nitrogen and oxygen atoms in total. The minimum atomic E-state index is -0.0243. The summed E-state index contributed by atoms with van der Waals surface area (Å²) in [6, 6.07) is 7.78. The van der Waals surface area contributed by atoms with Crippen molar-refractivity contribution in [3.63, 3.8) is 0 Å². The molecule has 2 unspecified atom stereocenters. The molecule has 2 heterocycles. The number of amides is 1. The standard InChI is InChI=1S/C15H19ClN2OS/c16-12-5-3-4-11(8-12)15-17-9-14(19)18(15)10-13-6-1-2-7-20-13/h3-5,8,13,15,17H,1-2,6-7,9-10H2. The second-order valence-corrected chi connectivity index (χ2v) is 7.22. The van der Waals surface area contributed by atoms with Crippen LogP contribution in [-0.2, 0) is 4.79 Å². The molecule has 2 atom stereocenters. The minimum absolute atomic E-state index is 0.0243. The highest BCUT2D eigenvalue weighted by atomic mass is 35.5. The van der Waals surface area contributed by atoms with Crippen LogP contribution in [0.1, 0.15) is 31.0 Å². The number of rotatable bonds is 3. The molecule has 108 valence electrons. The van der Waals surface area contributed by atoms with E-state index in [1.54, 1.807) is 0 Å². The Balaban J connectivity index is 1.74. The molecule has 0 bridgehead atoms. The van der Waals surface area contributed by atoms with E-state index in [9.17, 15) is 4.79 Å². The Morgan fingerprint density at radius 2 is 2.30 bits per heavy atom. The molecule has 0 radical (unpaired) electrons. The zero-order valence-electron chi connectivity index (χ0n) is 11.3. The molecule has 1 amide bonds. The Morgan fingerprint density at radius 3 is 3.05 bits per heavy atom. The van der Waals surface area contributed by atoms with Crippen LogP contribution in [0.3, 0.4) is 0 Å². The first kappa shape index (κ1) is 14.2. The van der Waals surface area contributed by atoms with E-state index in [2.05, 4.69) is 5.32 Å². The van der Waals surface area contributed by atoms with Crippen LogP contribution in [0.4, 0.5) is 0 Å². The molecule has 0 aromatic heterocycles. The summed E-state index contributed by atoms with van der Waals surface area (Å²) in [6.07, 6.45) is 3.79. The van der Waals surface area contributed by atoms with Crippen LogP contribution in [0.2, 0.25) is 5.02 Å². The number of carbonyl (C=O) groups excluding carboxylic acids is 1. The van der Waals surface area contributed by atoms with Gasteiger partial charge in [-0.2, -0.15) is 11.8 Å². The highest BCUT2D eigenvalue weighted by Crippen LogP contribution is 2.30. The van der Waals surface area contributed by atoms with Gasteiger partial charge in [0.2, 0.25) is 5.91 Å². The Hall–Kier alpha value is -0.710. The Kier molecular flexibility index (Phi) is 4.54. The quantitative estimate of drug-likeness (QED) is 0.931. The van der Waals surface area contributed by atoms with Crippen molar-refractivity contribution < 1.29 is 4.79 Å². The van der Waals surface area contributed by atoms with Crippen LogP contribution < -0.4 is 5.32 Å². The van der Waals surface area contributed by atoms with Gasteiger partial charge in [-0.25, -0.2) is 0 Å². The molecular formula is C15H19ClN2OS. The first-order valence-corrected chi connectivity index (χ1v) is 8.56. The highest BCUT2D eigenvalue weighted by molar-refractivity contribution is 7.99. The van der Waals surface area contributed by atoms with E-state index in [1.807, 2.05) is 40.9 Å². The SMILES string of the molecule is O=C1CNC(c2cccc(Cl)c2)N1CC1CCCCS1. The summed E-state index contributed by atoms with van der Waals surface area (Å²) in [5.74, 6) is 1.42. The van der Waals surface area contributed by atoms with Gasteiger partial charge in [-0.05, 0) is 36.3 Å². The van der Waals surface area contributed by atoms with Crippen molar-refractivity contribution in [1.29, 1.82) is 0 Å². The first-order chi connectivity index (χ1) is 9.74. The monoisotopic (exact) mass is 310 g/mol. The van der Waals surface area contributed by atoms with Gasteiger partial charge in [0, 0.05) is 16.8 Å². The van der Waals surface area contributed by atoms with Gasteiger partial charge in [-0.15, -0.1) is 0 Å². The maximum Gasteiger partial charge on any atom is 0.238 e. The third-order valence-corrected chi connectivity index (χ3v) is 5.53. The van der Waals surface area contributed by atoms with E-state index < -0.39 is 0 Å². The van der Waals surface area contributed by atoms with E-state index >= 15 is 0 Å². The van der Waals surface area contributed by atoms with Gasteiger partial charge < -0.3 is 4.90 Å². The lowest BCUT2D eigenvalue weighted by molar-refractivity contribution is -0.128. The van der Waals surface area contributed by atoms with E-state index in [0.29, 0.717) is 11.8 Å². The number of benzene rings is 1. The maximum absolute atomic E-state index is 12.1. The van der Waals surface area contributed by atoms with Crippen molar-refractivity contribution in [1.82, 2.24) is 10.2 Å². The van der Waals surface area contributed by atoms with Gasteiger partial charge in [-0.3, -0.25) is 10.1 Å². The predicted molar refractivity (Wildman–Crippen MR) is 84.0 cm³/mol. The summed E-state index contributed by atoms with van der Waals surface area (Å²) >= 11 is 8.07. The number of hydrogen-bond acceptors (Lipinski definition) is 3. The van der Waals surface area contributed by atoms with Crippen molar-refractivity contribution >= 4 is 29.3 Å². The maximum atomic E-state index is 12.1. The molecule has 1 aromatic rings. The lowest BCUT2D eigenvalue weighted by atomic mass is 10.1. The molecule has 20 heavy (non-hydrogen) atoms. The van der Waals surface area contributed by atoms with Crippen LogP contribution in [-0.4, -0.2) is 34.9 Å². The van der Waals surface area contributed by atoms with Crippen LogP contribution in [0, 0.1) is 0 Å². The second-order valence-electron chi connectivity index (χ2n) is 5.37. The van der Waals surface area contributed by atoms with Crippen LogP contribution in [0.15, 0.2) is 24.3 Å².